The first-order valence-electron chi connectivity index (χ1n) is 5.33. The van der Waals surface area contributed by atoms with E-state index in [9.17, 15) is 4.79 Å². The Morgan fingerprint density at radius 1 is 1.21 bits per heavy atom. The summed E-state index contributed by atoms with van der Waals surface area (Å²) in [7, 11) is 0. The van der Waals surface area contributed by atoms with E-state index in [1.807, 2.05) is 20.8 Å². The average molecular weight is 221 g/mol. The molecule has 0 aliphatic carbocycles. The maximum absolute atomic E-state index is 11.3. The number of alkyl halides is 1. The Hall–Kier alpha value is -0.240. The van der Waals surface area contributed by atoms with Crippen molar-refractivity contribution < 1.29 is 9.53 Å². The maximum Gasteiger partial charge on any atom is 0.306 e. The molecule has 14 heavy (non-hydrogen) atoms. The van der Waals surface area contributed by atoms with Crippen LogP contribution in [0.4, 0.5) is 0 Å². The molecule has 0 amide bonds. The van der Waals surface area contributed by atoms with Gasteiger partial charge in [0.05, 0.1) is 0 Å². The SMILES string of the molecule is CC(C)C(C)OC(=O)CCCCCCl. The molecule has 0 fully saturated rings. The number of carbonyl (C=O) groups is 1. The molecule has 0 aliphatic heterocycles. The topological polar surface area (TPSA) is 26.3 Å². The lowest BCUT2D eigenvalue weighted by molar-refractivity contribution is -0.150. The molecule has 84 valence electrons. The Morgan fingerprint density at radius 3 is 2.36 bits per heavy atom. The molecule has 3 heteroatoms. The average Bonchev–Trinajstić information content (AvgIpc) is 2.12. The van der Waals surface area contributed by atoms with Gasteiger partial charge in [-0.15, -0.1) is 11.6 Å². The highest BCUT2D eigenvalue weighted by Gasteiger charge is 2.12. The second-order valence-electron chi connectivity index (χ2n) is 3.94. The highest BCUT2D eigenvalue weighted by Crippen LogP contribution is 2.08. The molecule has 0 aliphatic rings. The van der Waals surface area contributed by atoms with Gasteiger partial charge in [-0.05, 0) is 25.7 Å². The van der Waals surface area contributed by atoms with E-state index in [1.54, 1.807) is 0 Å². The van der Waals surface area contributed by atoms with E-state index >= 15 is 0 Å². The summed E-state index contributed by atoms with van der Waals surface area (Å²) >= 11 is 5.53. The minimum absolute atomic E-state index is 0.0236. The summed E-state index contributed by atoms with van der Waals surface area (Å²) in [5.41, 5.74) is 0. The van der Waals surface area contributed by atoms with Gasteiger partial charge >= 0.3 is 5.97 Å². The van der Waals surface area contributed by atoms with Crippen LogP contribution in [0.3, 0.4) is 0 Å². The fourth-order valence-electron chi connectivity index (χ4n) is 0.943. The van der Waals surface area contributed by atoms with Crippen LogP contribution in [0.15, 0.2) is 0 Å². The molecule has 0 N–H and O–H groups in total. The van der Waals surface area contributed by atoms with Crippen LogP contribution in [-0.2, 0) is 9.53 Å². The summed E-state index contributed by atoms with van der Waals surface area (Å²) in [5, 5.41) is 0. The first-order chi connectivity index (χ1) is 6.57. The van der Waals surface area contributed by atoms with Gasteiger partial charge in [-0.1, -0.05) is 20.3 Å². The quantitative estimate of drug-likeness (QED) is 0.374. The fourth-order valence-corrected chi connectivity index (χ4v) is 1.13. The highest BCUT2D eigenvalue weighted by atomic mass is 35.5. The largest absolute Gasteiger partial charge is 0.462 e. The van der Waals surface area contributed by atoms with Crippen LogP contribution in [0, 0.1) is 5.92 Å². The predicted octanol–water partition coefficient (Wildman–Crippen LogP) is 3.37. The lowest BCUT2D eigenvalue weighted by atomic mass is 10.1. The molecule has 0 aromatic rings. The summed E-state index contributed by atoms with van der Waals surface area (Å²) in [4.78, 5) is 11.3. The third-order valence-corrected chi connectivity index (χ3v) is 2.54. The number of unbranched alkanes of at least 4 members (excludes halogenated alkanes) is 2. The molecular formula is C11H21ClO2. The zero-order chi connectivity index (χ0) is 11.0. The van der Waals surface area contributed by atoms with Gasteiger partial charge in [0.25, 0.3) is 0 Å². The zero-order valence-corrected chi connectivity index (χ0v) is 10.1. The Kier molecular flexibility index (Phi) is 7.96. The summed E-state index contributed by atoms with van der Waals surface area (Å²) in [6, 6.07) is 0. The smallest absolute Gasteiger partial charge is 0.306 e. The number of esters is 1. The lowest BCUT2D eigenvalue weighted by Crippen LogP contribution is -2.19. The minimum Gasteiger partial charge on any atom is -0.462 e. The van der Waals surface area contributed by atoms with Gasteiger partial charge in [0.15, 0.2) is 0 Å². The van der Waals surface area contributed by atoms with Crippen molar-refractivity contribution in [3.63, 3.8) is 0 Å². The van der Waals surface area contributed by atoms with Crippen molar-refractivity contribution in [3.8, 4) is 0 Å². The minimum atomic E-state index is -0.0826. The third kappa shape index (κ3) is 7.19. The van der Waals surface area contributed by atoms with Crippen LogP contribution in [0.5, 0.6) is 0 Å². The van der Waals surface area contributed by atoms with Crippen LogP contribution < -0.4 is 0 Å². The number of rotatable bonds is 7. The standard InChI is InChI=1S/C11H21ClO2/c1-9(2)10(3)14-11(13)7-5-4-6-8-12/h9-10H,4-8H2,1-3H3. The van der Waals surface area contributed by atoms with Gasteiger partial charge < -0.3 is 4.74 Å². The molecule has 0 saturated heterocycles. The summed E-state index contributed by atoms with van der Waals surface area (Å²) < 4.78 is 5.22. The van der Waals surface area contributed by atoms with Crippen molar-refractivity contribution in [1.82, 2.24) is 0 Å². The van der Waals surface area contributed by atoms with Gasteiger partial charge in [0.2, 0.25) is 0 Å². The second-order valence-corrected chi connectivity index (χ2v) is 4.32. The molecule has 0 spiro atoms. The Morgan fingerprint density at radius 2 is 1.86 bits per heavy atom. The highest BCUT2D eigenvalue weighted by molar-refractivity contribution is 6.17. The Bertz CT molecular complexity index is 157. The summed E-state index contributed by atoms with van der Waals surface area (Å²) in [5.74, 6) is 0.986. The lowest BCUT2D eigenvalue weighted by Gasteiger charge is -2.16. The Labute approximate surface area is 92.0 Å². The van der Waals surface area contributed by atoms with Crippen LogP contribution in [0.1, 0.15) is 46.5 Å². The normalized spacial score (nSPS) is 12.9. The molecule has 2 nitrogen and oxygen atoms in total. The van der Waals surface area contributed by atoms with Crippen molar-refractivity contribution in [3.05, 3.63) is 0 Å². The van der Waals surface area contributed by atoms with Gasteiger partial charge in [0.1, 0.15) is 6.10 Å². The van der Waals surface area contributed by atoms with E-state index < -0.39 is 0 Å². The molecule has 0 heterocycles. The first kappa shape index (κ1) is 13.8. The van der Waals surface area contributed by atoms with Crippen LogP contribution in [0.25, 0.3) is 0 Å². The number of halogens is 1. The molecule has 0 bridgehead atoms. The first-order valence-corrected chi connectivity index (χ1v) is 5.86. The van der Waals surface area contributed by atoms with Gasteiger partial charge in [-0.3, -0.25) is 4.79 Å². The molecule has 0 aromatic heterocycles. The molecule has 1 atom stereocenters. The Balaban J connectivity index is 3.45. The van der Waals surface area contributed by atoms with Crippen LogP contribution in [0.2, 0.25) is 0 Å². The van der Waals surface area contributed by atoms with E-state index in [0.29, 0.717) is 18.2 Å². The van der Waals surface area contributed by atoms with Crippen molar-refractivity contribution in [1.29, 1.82) is 0 Å². The van der Waals surface area contributed by atoms with Crippen molar-refractivity contribution >= 4 is 17.6 Å². The molecule has 1 unspecified atom stereocenters. The second kappa shape index (κ2) is 8.10. The van der Waals surface area contributed by atoms with Crippen LogP contribution in [-0.4, -0.2) is 18.0 Å². The molecule has 0 saturated carbocycles. The maximum atomic E-state index is 11.3. The number of hydrogen-bond acceptors (Lipinski definition) is 2. The summed E-state index contributed by atoms with van der Waals surface area (Å²) in [6.07, 6.45) is 3.42. The molecule has 0 aromatic carbocycles. The van der Waals surface area contributed by atoms with E-state index in [0.717, 1.165) is 19.3 Å². The third-order valence-electron chi connectivity index (χ3n) is 2.27. The van der Waals surface area contributed by atoms with E-state index in [4.69, 9.17) is 16.3 Å². The number of hydrogen-bond donors (Lipinski definition) is 0. The summed E-state index contributed by atoms with van der Waals surface area (Å²) in [6.45, 7) is 6.03. The van der Waals surface area contributed by atoms with Crippen LogP contribution >= 0.6 is 11.6 Å². The fraction of sp³-hybridized carbons (Fsp3) is 0.909. The monoisotopic (exact) mass is 220 g/mol. The molecular weight excluding hydrogens is 200 g/mol. The zero-order valence-electron chi connectivity index (χ0n) is 9.38. The van der Waals surface area contributed by atoms with Crippen molar-refractivity contribution in [2.75, 3.05) is 5.88 Å². The number of ether oxygens (including phenoxy) is 1. The van der Waals surface area contributed by atoms with E-state index in [2.05, 4.69) is 0 Å². The van der Waals surface area contributed by atoms with Crippen molar-refractivity contribution in [2.24, 2.45) is 5.92 Å². The molecule has 0 rings (SSSR count). The molecule has 0 radical (unpaired) electrons. The number of carbonyl (C=O) groups excluding carboxylic acids is 1. The van der Waals surface area contributed by atoms with E-state index in [1.165, 1.54) is 0 Å². The predicted molar refractivity (Wildman–Crippen MR) is 59.6 cm³/mol. The van der Waals surface area contributed by atoms with Gasteiger partial charge in [-0.2, -0.15) is 0 Å². The van der Waals surface area contributed by atoms with Crippen molar-refractivity contribution in [2.45, 2.75) is 52.6 Å². The van der Waals surface area contributed by atoms with Gasteiger partial charge in [-0.25, -0.2) is 0 Å². The van der Waals surface area contributed by atoms with Gasteiger partial charge in [0, 0.05) is 12.3 Å². The van der Waals surface area contributed by atoms with E-state index in [-0.39, 0.29) is 12.1 Å².